The van der Waals surface area contributed by atoms with Crippen LogP contribution in [0.2, 0.25) is 5.02 Å². The molecule has 2 rings (SSSR count). The van der Waals surface area contributed by atoms with Crippen LogP contribution in [-0.4, -0.2) is 47.8 Å². The number of alkyl halides is 3. The minimum atomic E-state index is -4.97. The van der Waals surface area contributed by atoms with Crippen LogP contribution >= 0.6 is 11.6 Å². The van der Waals surface area contributed by atoms with Crippen molar-refractivity contribution in [2.24, 2.45) is 5.41 Å². The molecule has 1 amide bonds. The lowest BCUT2D eigenvalue weighted by Crippen LogP contribution is -2.48. The number of hydrogen-bond acceptors (Lipinski definition) is 3. The number of amides is 1. The van der Waals surface area contributed by atoms with Crippen molar-refractivity contribution in [3.8, 4) is 5.75 Å². The Kier molecular flexibility index (Phi) is 4.93. The molecule has 1 aliphatic heterocycles. The number of aliphatic carboxylic acids is 1. The molecule has 1 aromatic rings. The second kappa shape index (κ2) is 6.46. The van der Waals surface area contributed by atoms with Crippen molar-refractivity contribution in [2.45, 2.75) is 12.6 Å². The molecule has 24 heavy (non-hydrogen) atoms. The van der Waals surface area contributed by atoms with Crippen LogP contribution < -0.4 is 4.74 Å². The molecule has 1 aliphatic rings. The van der Waals surface area contributed by atoms with Gasteiger partial charge in [0.15, 0.2) is 12.0 Å². The van der Waals surface area contributed by atoms with Gasteiger partial charge in [0.1, 0.15) is 11.6 Å². The van der Waals surface area contributed by atoms with E-state index in [-0.39, 0.29) is 17.3 Å². The SMILES string of the molecule is O=C(COc1ccc(F)c(Cl)c1)N1CCC(C(=O)O)(C(F)(F)F)C1. The highest BCUT2D eigenvalue weighted by Gasteiger charge is 2.64. The number of carboxylic acids is 1. The molecule has 1 heterocycles. The van der Waals surface area contributed by atoms with Crippen LogP contribution in [0.25, 0.3) is 0 Å². The average molecular weight is 370 g/mol. The molecule has 1 unspecified atom stereocenters. The lowest BCUT2D eigenvalue weighted by molar-refractivity contribution is -0.227. The van der Waals surface area contributed by atoms with E-state index in [2.05, 4.69) is 0 Å². The maximum Gasteiger partial charge on any atom is 0.406 e. The predicted molar refractivity (Wildman–Crippen MR) is 74.2 cm³/mol. The van der Waals surface area contributed by atoms with E-state index in [1.54, 1.807) is 0 Å². The molecule has 1 fully saturated rings. The summed E-state index contributed by atoms with van der Waals surface area (Å²) < 4.78 is 57.2. The Bertz CT molecular complexity index is 667. The predicted octanol–water partition coefficient (Wildman–Crippen LogP) is 2.72. The van der Waals surface area contributed by atoms with Crippen molar-refractivity contribution in [3.63, 3.8) is 0 Å². The zero-order valence-electron chi connectivity index (χ0n) is 12.1. The summed E-state index contributed by atoms with van der Waals surface area (Å²) in [6.45, 7) is -1.94. The summed E-state index contributed by atoms with van der Waals surface area (Å²) in [5.74, 6) is -3.44. The molecule has 1 atom stereocenters. The second-order valence-corrected chi connectivity index (χ2v) is 5.72. The number of hydrogen-bond donors (Lipinski definition) is 1. The number of carbonyl (C=O) groups is 2. The van der Waals surface area contributed by atoms with Gasteiger partial charge in [0, 0.05) is 19.2 Å². The number of ether oxygens (including phenoxy) is 1. The molecule has 0 aromatic heterocycles. The van der Waals surface area contributed by atoms with Gasteiger partial charge >= 0.3 is 12.1 Å². The van der Waals surface area contributed by atoms with Gasteiger partial charge in [-0.05, 0) is 18.6 Å². The number of likely N-dealkylation sites (tertiary alicyclic amines) is 1. The summed E-state index contributed by atoms with van der Waals surface area (Å²) in [5, 5.41) is 8.69. The lowest BCUT2D eigenvalue weighted by atomic mass is 9.86. The fourth-order valence-corrected chi connectivity index (χ4v) is 2.52. The van der Waals surface area contributed by atoms with Gasteiger partial charge in [-0.25, -0.2) is 4.39 Å². The van der Waals surface area contributed by atoms with Gasteiger partial charge in [0.25, 0.3) is 5.91 Å². The van der Waals surface area contributed by atoms with Gasteiger partial charge in [0.05, 0.1) is 5.02 Å². The van der Waals surface area contributed by atoms with Crippen LogP contribution in [-0.2, 0) is 9.59 Å². The van der Waals surface area contributed by atoms with E-state index < -0.39 is 48.9 Å². The Morgan fingerprint density at radius 3 is 2.54 bits per heavy atom. The largest absolute Gasteiger partial charge is 0.484 e. The third kappa shape index (κ3) is 3.40. The van der Waals surface area contributed by atoms with E-state index >= 15 is 0 Å². The molecule has 0 saturated carbocycles. The first-order chi connectivity index (χ1) is 11.1. The standard InChI is InChI=1S/C14H12ClF4NO4/c15-9-5-8(1-2-10(9)16)24-6-11(21)20-4-3-13(7-20,12(22)23)14(17,18)19/h1-2,5H,3-4,6-7H2,(H,22,23). The van der Waals surface area contributed by atoms with E-state index in [1.165, 1.54) is 6.07 Å². The number of halogens is 5. The number of carbonyl (C=O) groups excluding carboxylic acids is 1. The van der Waals surface area contributed by atoms with Crippen molar-refractivity contribution in [1.29, 1.82) is 0 Å². The van der Waals surface area contributed by atoms with Gasteiger partial charge < -0.3 is 14.7 Å². The van der Waals surface area contributed by atoms with E-state index in [0.29, 0.717) is 0 Å². The quantitative estimate of drug-likeness (QED) is 0.829. The molecule has 0 bridgehead atoms. The summed E-state index contributed by atoms with van der Waals surface area (Å²) in [4.78, 5) is 23.8. The van der Waals surface area contributed by atoms with Crippen LogP contribution in [0, 0.1) is 11.2 Å². The monoisotopic (exact) mass is 369 g/mol. The number of nitrogens with zero attached hydrogens (tertiary/aromatic N) is 1. The number of carboxylic acid groups (broad SMARTS) is 1. The van der Waals surface area contributed by atoms with Crippen LogP contribution in [0.3, 0.4) is 0 Å². The van der Waals surface area contributed by atoms with E-state index in [9.17, 15) is 27.2 Å². The molecule has 0 aliphatic carbocycles. The Labute approximate surface area is 138 Å². The average Bonchev–Trinajstić information content (AvgIpc) is 2.94. The fraction of sp³-hybridized carbons (Fsp3) is 0.429. The minimum absolute atomic E-state index is 0.0641. The van der Waals surface area contributed by atoms with E-state index in [4.69, 9.17) is 21.4 Å². The Morgan fingerprint density at radius 2 is 2.04 bits per heavy atom. The highest BCUT2D eigenvalue weighted by atomic mass is 35.5. The molecule has 1 saturated heterocycles. The zero-order valence-corrected chi connectivity index (χ0v) is 12.8. The van der Waals surface area contributed by atoms with E-state index in [1.807, 2.05) is 0 Å². The highest BCUT2D eigenvalue weighted by molar-refractivity contribution is 6.30. The lowest BCUT2D eigenvalue weighted by Gasteiger charge is -2.27. The first-order valence-corrected chi connectivity index (χ1v) is 7.10. The van der Waals surface area contributed by atoms with Crippen LogP contribution in [0.1, 0.15) is 6.42 Å². The molecule has 0 spiro atoms. The summed E-state index contributed by atoms with van der Waals surface area (Å²) in [7, 11) is 0. The van der Waals surface area contributed by atoms with Gasteiger partial charge in [-0.15, -0.1) is 0 Å². The summed E-state index contributed by atoms with van der Waals surface area (Å²) in [5.41, 5.74) is -2.97. The topological polar surface area (TPSA) is 66.8 Å². The molecule has 1 aromatic carbocycles. The van der Waals surface area contributed by atoms with Crippen molar-refractivity contribution in [3.05, 3.63) is 29.0 Å². The molecule has 10 heteroatoms. The zero-order chi connectivity index (χ0) is 18.1. The van der Waals surface area contributed by atoms with Gasteiger partial charge in [0.2, 0.25) is 0 Å². The second-order valence-electron chi connectivity index (χ2n) is 5.31. The van der Waals surface area contributed by atoms with Gasteiger partial charge in [-0.1, -0.05) is 11.6 Å². The van der Waals surface area contributed by atoms with E-state index in [0.717, 1.165) is 17.0 Å². The highest BCUT2D eigenvalue weighted by Crippen LogP contribution is 2.45. The number of benzene rings is 1. The molecule has 5 nitrogen and oxygen atoms in total. The van der Waals surface area contributed by atoms with Crippen LogP contribution in [0.5, 0.6) is 5.75 Å². The summed E-state index contributed by atoms with van der Waals surface area (Å²) >= 11 is 5.54. The Morgan fingerprint density at radius 1 is 1.38 bits per heavy atom. The molecular formula is C14H12ClF4NO4. The maximum atomic E-state index is 13.0. The first kappa shape index (κ1) is 18.3. The fourth-order valence-electron chi connectivity index (χ4n) is 2.35. The molecule has 1 N–H and O–H groups in total. The van der Waals surface area contributed by atoms with Crippen molar-refractivity contribution < 1.29 is 37.0 Å². The summed E-state index contributed by atoms with van der Waals surface area (Å²) in [6, 6.07) is 3.33. The molecular weight excluding hydrogens is 358 g/mol. The minimum Gasteiger partial charge on any atom is -0.484 e. The van der Waals surface area contributed by atoms with Gasteiger partial charge in [-0.3, -0.25) is 9.59 Å². The number of rotatable bonds is 4. The molecule has 0 radical (unpaired) electrons. The van der Waals surface area contributed by atoms with Crippen molar-refractivity contribution >= 4 is 23.5 Å². The van der Waals surface area contributed by atoms with Crippen molar-refractivity contribution in [2.75, 3.05) is 19.7 Å². The maximum absolute atomic E-state index is 13.0. The Balaban J connectivity index is 2.01. The third-order valence-electron chi connectivity index (χ3n) is 3.83. The summed E-state index contributed by atoms with van der Waals surface area (Å²) in [6.07, 6.45) is -5.70. The Hall–Kier alpha value is -2.03. The molecule has 132 valence electrons. The van der Waals surface area contributed by atoms with Gasteiger partial charge in [-0.2, -0.15) is 13.2 Å². The van der Waals surface area contributed by atoms with Crippen molar-refractivity contribution in [1.82, 2.24) is 4.90 Å². The van der Waals surface area contributed by atoms with Crippen LogP contribution in [0.4, 0.5) is 17.6 Å². The smallest absolute Gasteiger partial charge is 0.406 e. The van der Waals surface area contributed by atoms with Crippen LogP contribution in [0.15, 0.2) is 18.2 Å². The normalized spacial score (nSPS) is 21.0. The first-order valence-electron chi connectivity index (χ1n) is 6.72. The third-order valence-corrected chi connectivity index (χ3v) is 4.12.